The van der Waals surface area contributed by atoms with Gasteiger partial charge in [-0.3, -0.25) is 4.90 Å². The molecular formula is C9H15N5S2. The normalized spacial score (nSPS) is 19.7. The Morgan fingerprint density at radius 2 is 2.19 bits per heavy atom. The van der Waals surface area contributed by atoms with Crippen molar-refractivity contribution in [3.8, 4) is 0 Å². The summed E-state index contributed by atoms with van der Waals surface area (Å²) in [5.74, 6) is 0. The van der Waals surface area contributed by atoms with Crippen LogP contribution in [0.5, 0.6) is 0 Å². The van der Waals surface area contributed by atoms with Crippen molar-refractivity contribution in [1.82, 2.24) is 14.3 Å². The van der Waals surface area contributed by atoms with Crippen molar-refractivity contribution in [2.45, 2.75) is 13.0 Å². The number of hydrogen-bond donors (Lipinski definition) is 1. The number of aromatic nitrogens is 2. The maximum absolute atomic E-state index is 5.65. The summed E-state index contributed by atoms with van der Waals surface area (Å²) in [6.45, 7) is 5.92. The summed E-state index contributed by atoms with van der Waals surface area (Å²) in [7, 11) is 0. The smallest absolute Gasteiger partial charge is 0.205 e. The van der Waals surface area contributed by atoms with E-state index in [1.54, 1.807) is 6.33 Å². The molecule has 88 valence electrons. The third-order valence-corrected chi connectivity index (χ3v) is 3.96. The fourth-order valence-corrected chi connectivity index (χ4v) is 2.52. The standard InChI is InChI=1S/C9H15N5S2/c1-7(8(10)15)13-2-4-14(5-3-13)9-11-6-12-16-9/h6-7H,2-5H2,1H3,(H2,10,15). The van der Waals surface area contributed by atoms with Gasteiger partial charge in [-0.2, -0.15) is 4.37 Å². The van der Waals surface area contributed by atoms with Crippen molar-refractivity contribution >= 4 is 33.9 Å². The van der Waals surface area contributed by atoms with Crippen LogP contribution in [0.4, 0.5) is 5.13 Å². The van der Waals surface area contributed by atoms with Crippen molar-refractivity contribution < 1.29 is 0 Å². The molecule has 0 amide bonds. The molecule has 1 aromatic rings. The highest BCUT2D eigenvalue weighted by atomic mass is 32.1. The zero-order valence-corrected chi connectivity index (χ0v) is 10.8. The van der Waals surface area contributed by atoms with Gasteiger partial charge in [-0.05, 0) is 6.92 Å². The molecule has 0 aromatic carbocycles. The zero-order valence-electron chi connectivity index (χ0n) is 9.17. The van der Waals surface area contributed by atoms with Crippen LogP contribution in [0.3, 0.4) is 0 Å². The number of nitrogens with zero attached hydrogens (tertiary/aromatic N) is 4. The molecular weight excluding hydrogens is 242 g/mol. The maximum atomic E-state index is 5.65. The number of rotatable bonds is 3. The number of piperazine rings is 1. The molecule has 2 N–H and O–H groups in total. The van der Waals surface area contributed by atoms with E-state index in [0.717, 1.165) is 31.3 Å². The first kappa shape index (κ1) is 11.7. The van der Waals surface area contributed by atoms with E-state index in [4.69, 9.17) is 18.0 Å². The van der Waals surface area contributed by atoms with E-state index in [1.165, 1.54) is 11.5 Å². The minimum Gasteiger partial charge on any atom is -0.392 e. The molecule has 1 aliphatic rings. The predicted molar refractivity (Wildman–Crippen MR) is 69.9 cm³/mol. The van der Waals surface area contributed by atoms with Gasteiger partial charge in [0.05, 0.1) is 11.0 Å². The van der Waals surface area contributed by atoms with Crippen LogP contribution in [0, 0.1) is 0 Å². The van der Waals surface area contributed by atoms with Crippen LogP contribution in [0.25, 0.3) is 0 Å². The van der Waals surface area contributed by atoms with Crippen LogP contribution in [-0.2, 0) is 0 Å². The Bertz CT molecular complexity index is 345. The first-order valence-corrected chi connectivity index (χ1v) is 6.41. The largest absolute Gasteiger partial charge is 0.392 e. The number of thiocarbonyl (C=S) groups is 1. The summed E-state index contributed by atoms with van der Waals surface area (Å²) in [5, 5.41) is 1.00. The lowest BCUT2D eigenvalue weighted by Gasteiger charge is -2.37. The Labute approximate surface area is 104 Å². The van der Waals surface area contributed by atoms with Crippen LogP contribution in [-0.4, -0.2) is 51.5 Å². The minimum absolute atomic E-state index is 0.187. The van der Waals surface area contributed by atoms with Crippen molar-refractivity contribution in [1.29, 1.82) is 0 Å². The fraction of sp³-hybridized carbons (Fsp3) is 0.667. The van der Waals surface area contributed by atoms with Crippen molar-refractivity contribution in [2.24, 2.45) is 5.73 Å². The molecule has 1 unspecified atom stereocenters. The van der Waals surface area contributed by atoms with Crippen molar-refractivity contribution in [2.75, 3.05) is 31.1 Å². The summed E-state index contributed by atoms with van der Waals surface area (Å²) in [4.78, 5) is 9.34. The van der Waals surface area contributed by atoms with Crippen molar-refractivity contribution in [3.63, 3.8) is 0 Å². The first-order chi connectivity index (χ1) is 7.68. The Morgan fingerprint density at radius 3 is 2.69 bits per heavy atom. The van der Waals surface area contributed by atoms with E-state index in [0.29, 0.717) is 4.99 Å². The highest BCUT2D eigenvalue weighted by Crippen LogP contribution is 2.17. The Kier molecular flexibility index (Phi) is 3.67. The summed E-state index contributed by atoms with van der Waals surface area (Å²) >= 11 is 6.45. The predicted octanol–water partition coefficient (Wildman–Crippen LogP) is 0.335. The Morgan fingerprint density at radius 1 is 1.50 bits per heavy atom. The molecule has 1 atom stereocenters. The van der Waals surface area contributed by atoms with Gasteiger partial charge in [0.15, 0.2) is 0 Å². The van der Waals surface area contributed by atoms with E-state index in [1.807, 2.05) is 0 Å². The second kappa shape index (κ2) is 5.03. The second-order valence-corrected chi connectivity index (χ2v) is 5.06. The highest BCUT2D eigenvalue weighted by Gasteiger charge is 2.23. The SMILES string of the molecule is CC(C(N)=S)N1CCN(c2ncns2)CC1. The monoisotopic (exact) mass is 257 g/mol. The quantitative estimate of drug-likeness (QED) is 0.788. The molecule has 0 saturated carbocycles. The summed E-state index contributed by atoms with van der Waals surface area (Å²) in [6, 6.07) is 0.187. The van der Waals surface area contributed by atoms with E-state index < -0.39 is 0 Å². The van der Waals surface area contributed by atoms with Gasteiger partial charge in [0, 0.05) is 37.7 Å². The van der Waals surface area contributed by atoms with E-state index in [2.05, 4.69) is 26.1 Å². The lowest BCUT2D eigenvalue weighted by atomic mass is 10.2. The van der Waals surface area contributed by atoms with Crippen LogP contribution in [0.2, 0.25) is 0 Å². The number of nitrogens with two attached hydrogens (primary N) is 1. The number of hydrogen-bond acceptors (Lipinski definition) is 6. The molecule has 5 nitrogen and oxygen atoms in total. The molecule has 1 aliphatic heterocycles. The zero-order chi connectivity index (χ0) is 11.5. The molecule has 7 heteroatoms. The van der Waals surface area contributed by atoms with Gasteiger partial charge in [-0.1, -0.05) is 12.2 Å². The highest BCUT2D eigenvalue weighted by molar-refractivity contribution is 7.80. The fourth-order valence-electron chi connectivity index (χ4n) is 1.79. The number of anilines is 1. The van der Waals surface area contributed by atoms with E-state index >= 15 is 0 Å². The lowest BCUT2D eigenvalue weighted by molar-refractivity contribution is 0.239. The Hall–Kier alpha value is -0.790. The average Bonchev–Trinajstić information content (AvgIpc) is 2.81. The van der Waals surface area contributed by atoms with Crippen LogP contribution < -0.4 is 10.6 Å². The van der Waals surface area contributed by atoms with Gasteiger partial charge in [0.1, 0.15) is 6.33 Å². The second-order valence-electron chi connectivity index (χ2n) is 3.83. The molecule has 0 aliphatic carbocycles. The molecule has 1 aromatic heterocycles. The average molecular weight is 257 g/mol. The van der Waals surface area contributed by atoms with Gasteiger partial charge in [0.2, 0.25) is 5.13 Å². The molecule has 1 saturated heterocycles. The summed E-state index contributed by atoms with van der Waals surface area (Å²) in [6.07, 6.45) is 1.60. The Balaban J connectivity index is 1.90. The van der Waals surface area contributed by atoms with E-state index in [-0.39, 0.29) is 6.04 Å². The van der Waals surface area contributed by atoms with E-state index in [9.17, 15) is 0 Å². The molecule has 16 heavy (non-hydrogen) atoms. The molecule has 0 radical (unpaired) electrons. The molecule has 2 rings (SSSR count). The first-order valence-electron chi connectivity index (χ1n) is 5.23. The topological polar surface area (TPSA) is 58.3 Å². The van der Waals surface area contributed by atoms with Gasteiger partial charge < -0.3 is 10.6 Å². The van der Waals surface area contributed by atoms with Gasteiger partial charge in [0.25, 0.3) is 0 Å². The lowest BCUT2D eigenvalue weighted by Crippen LogP contribution is -2.52. The van der Waals surface area contributed by atoms with Crippen LogP contribution in [0.15, 0.2) is 6.33 Å². The summed E-state index contributed by atoms with van der Waals surface area (Å²) in [5.41, 5.74) is 5.65. The van der Waals surface area contributed by atoms with Gasteiger partial charge in [-0.15, -0.1) is 0 Å². The molecule has 0 spiro atoms. The maximum Gasteiger partial charge on any atom is 0.205 e. The molecule has 2 heterocycles. The summed E-state index contributed by atoms with van der Waals surface area (Å²) < 4.78 is 4.01. The molecule has 0 bridgehead atoms. The van der Waals surface area contributed by atoms with Gasteiger partial charge >= 0.3 is 0 Å². The van der Waals surface area contributed by atoms with Gasteiger partial charge in [-0.25, -0.2) is 4.98 Å². The van der Waals surface area contributed by atoms with Crippen LogP contribution >= 0.6 is 23.8 Å². The minimum atomic E-state index is 0.187. The molecule has 1 fully saturated rings. The third kappa shape index (κ3) is 2.47. The van der Waals surface area contributed by atoms with Crippen molar-refractivity contribution in [3.05, 3.63) is 6.33 Å². The third-order valence-electron chi connectivity index (χ3n) is 2.89. The van der Waals surface area contributed by atoms with Crippen LogP contribution in [0.1, 0.15) is 6.92 Å².